The van der Waals surface area contributed by atoms with Crippen LogP contribution in [0.1, 0.15) is 23.7 Å². The first kappa shape index (κ1) is 20.5. The van der Waals surface area contributed by atoms with Crippen LogP contribution in [-0.2, 0) is 9.59 Å². The molecule has 0 saturated carbocycles. The number of carbonyl (C=O) groups is 2. The molecule has 1 aromatic carbocycles. The molecule has 2 aromatic rings. The summed E-state index contributed by atoms with van der Waals surface area (Å²) in [6.07, 6.45) is 2.31. The average molecular weight is 395 g/mol. The van der Waals surface area contributed by atoms with Gasteiger partial charge < -0.3 is 19.6 Å². The lowest BCUT2D eigenvalue weighted by molar-refractivity contribution is -0.140. The second kappa shape index (κ2) is 8.87. The molecule has 0 radical (unpaired) electrons. The Balaban J connectivity index is 2.07. The van der Waals surface area contributed by atoms with Gasteiger partial charge in [-0.3, -0.25) is 14.6 Å². The number of methoxy groups -OCH3 is 1. The van der Waals surface area contributed by atoms with E-state index >= 15 is 0 Å². The molecule has 1 aliphatic heterocycles. The molecular weight excluding hydrogens is 370 g/mol. The lowest BCUT2D eigenvalue weighted by Gasteiger charge is -2.25. The van der Waals surface area contributed by atoms with Crippen molar-refractivity contribution in [3.05, 3.63) is 65.5 Å². The SMILES string of the molecule is COc1cccc(/C(O)=C2\C(=O)C(=O)N(CCCN(C)C)[C@@H]2c2ccccn2)c1. The van der Waals surface area contributed by atoms with E-state index in [2.05, 4.69) is 4.98 Å². The second-order valence-corrected chi connectivity index (χ2v) is 7.14. The molecule has 1 fully saturated rings. The Bertz CT molecular complexity index is 925. The summed E-state index contributed by atoms with van der Waals surface area (Å²) in [7, 11) is 5.43. The number of rotatable bonds is 7. The van der Waals surface area contributed by atoms with Crippen LogP contribution < -0.4 is 4.74 Å². The summed E-state index contributed by atoms with van der Waals surface area (Å²) in [6.45, 7) is 1.16. The van der Waals surface area contributed by atoms with Crippen LogP contribution in [0.3, 0.4) is 0 Å². The zero-order valence-electron chi connectivity index (χ0n) is 16.8. The van der Waals surface area contributed by atoms with Crippen molar-refractivity contribution in [1.82, 2.24) is 14.8 Å². The van der Waals surface area contributed by atoms with Crippen LogP contribution in [0.2, 0.25) is 0 Å². The number of carbonyl (C=O) groups excluding carboxylic acids is 2. The van der Waals surface area contributed by atoms with Gasteiger partial charge in [-0.1, -0.05) is 18.2 Å². The fourth-order valence-corrected chi connectivity index (χ4v) is 3.44. The van der Waals surface area contributed by atoms with Gasteiger partial charge in [0.15, 0.2) is 0 Å². The third kappa shape index (κ3) is 4.30. The van der Waals surface area contributed by atoms with Crippen molar-refractivity contribution in [2.24, 2.45) is 0 Å². The second-order valence-electron chi connectivity index (χ2n) is 7.14. The standard InChI is InChI=1S/C22H25N3O4/c1-24(2)12-7-13-25-19(17-10-4-5-11-23-17)18(21(27)22(25)28)20(26)15-8-6-9-16(14-15)29-3/h4-6,8-11,14,19,26H,7,12-13H2,1-3H3/b20-18+/t19-/m1/s1. The van der Waals surface area contributed by atoms with Crippen molar-refractivity contribution in [3.8, 4) is 5.75 Å². The van der Waals surface area contributed by atoms with E-state index in [4.69, 9.17) is 4.74 Å². The summed E-state index contributed by atoms with van der Waals surface area (Å²) in [5, 5.41) is 11.0. The summed E-state index contributed by atoms with van der Waals surface area (Å²) < 4.78 is 5.21. The van der Waals surface area contributed by atoms with Crippen molar-refractivity contribution < 1.29 is 19.4 Å². The van der Waals surface area contributed by atoms with E-state index in [1.54, 1.807) is 48.7 Å². The van der Waals surface area contributed by atoms with Crippen LogP contribution in [0.25, 0.3) is 5.76 Å². The fourth-order valence-electron chi connectivity index (χ4n) is 3.44. The fraction of sp³-hybridized carbons (Fsp3) is 0.318. The molecular formula is C22H25N3O4. The Labute approximate surface area is 170 Å². The zero-order chi connectivity index (χ0) is 21.0. The maximum atomic E-state index is 12.9. The Kier molecular flexibility index (Phi) is 6.29. The van der Waals surface area contributed by atoms with E-state index in [9.17, 15) is 14.7 Å². The summed E-state index contributed by atoms with van der Waals surface area (Å²) in [5.41, 5.74) is 1.00. The van der Waals surface area contributed by atoms with E-state index in [1.165, 1.54) is 12.0 Å². The van der Waals surface area contributed by atoms with Crippen molar-refractivity contribution in [1.29, 1.82) is 0 Å². The maximum Gasteiger partial charge on any atom is 0.295 e. The highest BCUT2D eigenvalue weighted by atomic mass is 16.5. The minimum Gasteiger partial charge on any atom is -0.507 e. The molecule has 0 aliphatic carbocycles. The summed E-state index contributed by atoms with van der Waals surface area (Å²) in [5.74, 6) is -1.01. The zero-order valence-corrected chi connectivity index (χ0v) is 16.8. The van der Waals surface area contributed by atoms with Crippen LogP contribution in [0.5, 0.6) is 5.75 Å². The first-order valence-corrected chi connectivity index (χ1v) is 9.42. The minimum atomic E-state index is -0.732. The predicted molar refractivity (Wildman–Crippen MR) is 109 cm³/mol. The predicted octanol–water partition coefficient (Wildman–Crippen LogP) is 2.46. The monoisotopic (exact) mass is 395 g/mol. The number of likely N-dealkylation sites (tertiary alicyclic amines) is 1. The van der Waals surface area contributed by atoms with Crippen LogP contribution in [0, 0.1) is 0 Å². The molecule has 0 spiro atoms. The van der Waals surface area contributed by atoms with Gasteiger partial charge in [0.2, 0.25) is 0 Å². The van der Waals surface area contributed by atoms with Crippen LogP contribution in [-0.4, -0.2) is 65.9 Å². The minimum absolute atomic E-state index is 0.0480. The van der Waals surface area contributed by atoms with E-state index in [0.717, 1.165) is 6.54 Å². The molecule has 3 rings (SSSR count). The molecule has 152 valence electrons. The lowest BCUT2D eigenvalue weighted by Crippen LogP contribution is -2.32. The van der Waals surface area contributed by atoms with E-state index < -0.39 is 17.7 Å². The number of hydrogen-bond acceptors (Lipinski definition) is 6. The van der Waals surface area contributed by atoms with Gasteiger partial charge in [0.05, 0.1) is 18.4 Å². The van der Waals surface area contributed by atoms with E-state index in [0.29, 0.717) is 30.0 Å². The maximum absolute atomic E-state index is 12.9. The Morgan fingerprint density at radius 3 is 2.66 bits per heavy atom. The van der Waals surface area contributed by atoms with Gasteiger partial charge in [-0.15, -0.1) is 0 Å². The van der Waals surface area contributed by atoms with Gasteiger partial charge in [-0.2, -0.15) is 0 Å². The smallest absolute Gasteiger partial charge is 0.295 e. The Hall–Kier alpha value is -3.19. The molecule has 7 heteroatoms. The van der Waals surface area contributed by atoms with Gasteiger partial charge in [0, 0.05) is 18.3 Å². The largest absolute Gasteiger partial charge is 0.507 e. The topological polar surface area (TPSA) is 83.0 Å². The number of Topliss-reactive ketones (excluding diaryl/α,β-unsaturated/α-hetero) is 1. The highest BCUT2D eigenvalue weighted by Gasteiger charge is 2.46. The number of pyridine rings is 1. The molecule has 29 heavy (non-hydrogen) atoms. The van der Waals surface area contributed by atoms with Gasteiger partial charge >= 0.3 is 0 Å². The number of hydrogen-bond donors (Lipinski definition) is 1. The first-order chi connectivity index (χ1) is 13.9. The molecule has 1 atom stereocenters. The number of amides is 1. The highest BCUT2D eigenvalue weighted by molar-refractivity contribution is 6.46. The van der Waals surface area contributed by atoms with Gasteiger partial charge in [0.1, 0.15) is 17.6 Å². The molecule has 7 nitrogen and oxygen atoms in total. The van der Waals surface area contributed by atoms with E-state index in [1.807, 2.05) is 19.0 Å². The number of aromatic nitrogens is 1. The third-order valence-electron chi connectivity index (χ3n) is 4.86. The van der Waals surface area contributed by atoms with Gasteiger partial charge in [0.25, 0.3) is 11.7 Å². The molecule has 2 heterocycles. The third-order valence-corrected chi connectivity index (χ3v) is 4.86. The molecule has 0 unspecified atom stereocenters. The molecule has 1 amide bonds. The number of ketones is 1. The molecule has 1 aliphatic rings. The number of nitrogens with zero attached hydrogens (tertiary/aromatic N) is 3. The average Bonchev–Trinajstić information content (AvgIpc) is 2.98. The van der Waals surface area contributed by atoms with Crippen LogP contribution in [0.15, 0.2) is 54.2 Å². The summed E-state index contributed by atoms with van der Waals surface area (Å²) >= 11 is 0. The number of benzene rings is 1. The van der Waals surface area contributed by atoms with Crippen molar-refractivity contribution in [2.45, 2.75) is 12.5 Å². The summed E-state index contributed by atoms with van der Waals surface area (Å²) in [4.78, 5) is 33.6. The Morgan fingerprint density at radius 1 is 1.21 bits per heavy atom. The van der Waals surface area contributed by atoms with Crippen molar-refractivity contribution >= 4 is 17.4 Å². The normalized spacial score (nSPS) is 18.5. The number of aliphatic hydroxyl groups excluding tert-OH is 1. The van der Waals surface area contributed by atoms with Crippen molar-refractivity contribution in [3.63, 3.8) is 0 Å². The quantitative estimate of drug-likeness (QED) is 0.441. The van der Waals surface area contributed by atoms with Crippen molar-refractivity contribution in [2.75, 3.05) is 34.3 Å². The Morgan fingerprint density at radius 2 is 2.00 bits per heavy atom. The first-order valence-electron chi connectivity index (χ1n) is 9.42. The highest BCUT2D eigenvalue weighted by Crippen LogP contribution is 2.38. The summed E-state index contributed by atoms with van der Waals surface area (Å²) in [6, 6.07) is 11.4. The molecule has 1 aromatic heterocycles. The van der Waals surface area contributed by atoms with E-state index in [-0.39, 0.29) is 11.3 Å². The van der Waals surface area contributed by atoms with Gasteiger partial charge in [-0.05, 0) is 51.3 Å². The lowest BCUT2D eigenvalue weighted by atomic mass is 9.98. The van der Waals surface area contributed by atoms with Crippen LogP contribution in [0.4, 0.5) is 0 Å². The molecule has 0 bridgehead atoms. The van der Waals surface area contributed by atoms with Gasteiger partial charge in [-0.25, -0.2) is 0 Å². The molecule has 1 saturated heterocycles. The number of aliphatic hydroxyl groups is 1. The number of ether oxygens (including phenoxy) is 1. The van der Waals surface area contributed by atoms with Crippen LogP contribution >= 0.6 is 0 Å². The molecule has 1 N–H and O–H groups in total.